The van der Waals surface area contributed by atoms with Crippen molar-refractivity contribution in [3.63, 3.8) is 0 Å². The molecule has 13 heteroatoms. The van der Waals surface area contributed by atoms with Gasteiger partial charge in [-0.2, -0.15) is 0 Å². The quantitative estimate of drug-likeness (QED) is 0.379. The molecule has 3 amide bonds. The summed E-state index contributed by atoms with van der Waals surface area (Å²) in [6, 6.07) is 8.94. The fourth-order valence-electron chi connectivity index (χ4n) is 4.35. The third-order valence-corrected chi connectivity index (χ3v) is 7.01. The molecule has 206 valence electrons. The molecule has 0 saturated carbocycles. The van der Waals surface area contributed by atoms with Gasteiger partial charge in [0.25, 0.3) is 0 Å². The smallest absolute Gasteiger partial charge is 0.341 e. The van der Waals surface area contributed by atoms with E-state index >= 15 is 0 Å². The molecular formula is C26H26Cl2N4O7. The Balaban J connectivity index is 1.48. The lowest BCUT2D eigenvalue weighted by Gasteiger charge is -2.25. The number of carbonyl (C=O) groups excluding carboxylic acids is 5. The zero-order valence-corrected chi connectivity index (χ0v) is 22.2. The van der Waals surface area contributed by atoms with E-state index in [1.165, 1.54) is 17.0 Å². The van der Waals surface area contributed by atoms with Crippen molar-refractivity contribution in [1.29, 1.82) is 0 Å². The predicted molar refractivity (Wildman–Crippen MR) is 142 cm³/mol. The molecule has 2 aromatic carbocycles. The lowest BCUT2D eigenvalue weighted by molar-refractivity contribution is -0.130. The number of hydrogen-bond donors (Lipinski definition) is 3. The van der Waals surface area contributed by atoms with Crippen LogP contribution in [0.5, 0.6) is 5.75 Å². The van der Waals surface area contributed by atoms with Crippen LogP contribution in [0.25, 0.3) is 0 Å². The maximum atomic E-state index is 13.1. The molecule has 1 saturated heterocycles. The van der Waals surface area contributed by atoms with Crippen LogP contribution in [0.1, 0.15) is 23.2 Å². The number of hydrogen-bond acceptors (Lipinski definition) is 8. The normalized spacial score (nSPS) is 19.3. The molecule has 2 heterocycles. The monoisotopic (exact) mass is 576 g/mol. The van der Waals surface area contributed by atoms with Crippen LogP contribution in [0.4, 0.5) is 5.69 Å². The van der Waals surface area contributed by atoms with Crippen LogP contribution < -0.4 is 26.0 Å². The molecule has 4 rings (SSSR count). The Morgan fingerprint density at radius 3 is 2.54 bits per heavy atom. The Morgan fingerprint density at radius 2 is 1.85 bits per heavy atom. The van der Waals surface area contributed by atoms with Crippen molar-refractivity contribution in [2.75, 3.05) is 31.2 Å². The van der Waals surface area contributed by atoms with Crippen LogP contribution in [-0.4, -0.2) is 67.9 Å². The predicted octanol–water partition coefficient (Wildman–Crippen LogP) is 1.48. The summed E-state index contributed by atoms with van der Waals surface area (Å²) in [5.74, 6) is -3.17. The minimum atomic E-state index is -1.18. The minimum absolute atomic E-state index is 0.0199. The number of ether oxygens (including phenoxy) is 2. The van der Waals surface area contributed by atoms with E-state index in [4.69, 9.17) is 38.4 Å². The van der Waals surface area contributed by atoms with Gasteiger partial charge in [-0.15, -0.1) is 0 Å². The maximum absolute atomic E-state index is 13.1. The molecule has 2 aromatic rings. The van der Waals surface area contributed by atoms with Crippen LogP contribution in [0, 0.1) is 5.92 Å². The van der Waals surface area contributed by atoms with Crippen LogP contribution in [-0.2, 0) is 23.9 Å². The lowest BCUT2D eigenvalue weighted by Crippen LogP contribution is -2.52. The summed E-state index contributed by atoms with van der Waals surface area (Å²) in [7, 11) is 0. The van der Waals surface area contributed by atoms with Gasteiger partial charge in [0.05, 0.1) is 27.3 Å². The Kier molecular flexibility index (Phi) is 9.05. The molecule has 0 radical (unpaired) electrons. The Bertz CT molecular complexity index is 1280. The second-order valence-corrected chi connectivity index (χ2v) is 9.90. The van der Waals surface area contributed by atoms with E-state index in [0.717, 1.165) is 0 Å². The summed E-state index contributed by atoms with van der Waals surface area (Å²) in [5.41, 5.74) is 6.18. The number of nitrogens with two attached hydrogens (primary N) is 1. The number of benzene rings is 2. The van der Waals surface area contributed by atoms with Gasteiger partial charge in [-0.25, -0.2) is 4.79 Å². The zero-order chi connectivity index (χ0) is 28.1. The number of nitrogens with one attached hydrogen (secondary N) is 2. The average Bonchev–Trinajstić information content (AvgIpc) is 3.27. The fourth-order valence-corrected chi connectivity index (χ4v) is 4.90. The molecule has 0 aromatic heterocycles. The molecule has 11 nitrogen and oxygen atoms in total. The van der Waals surface area contributed by atoms with Crippen molar-refractivity contribution in [2.45, 2.75) is 24.9 Å². The van der Waals surface area contributed by atoms with Crippen molar-refractivity contribution in [1.82, 2.24) is 10.6 Å². The Hall–Kier alpha value is -3.67. The third-order valence-electron chi connectivity index (χ3n) is 6.38. The number of anilines is 1. The van der Waals surface area contributed by atoms with Crippen molar-refractivity contribution >= 4 is 58.4 Å². The third kappa shape index (κ3) is 6.67. The van der Waals surface area contributed by atoms with E-state index in [-0.39, 0.29) is 34.5 Å². The largest absolute Gasteiger partial charge is 0.489 e. The Labute approximate surface area is 233 Å². The first kappa shape index (κ1) is 28.3. The van der Waals surface area contributed by atoms with Crippen molar-refractivity contribution in [3.8, 4) is 5.75 Å². The molecule has 2 aliphatic heterocycles. The molecule has 0 bridgehead atoms. The molecule has 0 aliphatic carbocycles. The number of amides is 3. The SMILES string of the molecule is N[C@H]1COc2ccccc2N(CC(=O)NC(C[C@@H]2CCNC2=O)C(=O)COC(=O)c2c(Cl)cccc2Cl)C1=O. The fraction of sp³-hybridized carbons (Fsp3) is 0.346. The van der Waals surface area contributed by atoms with E-state index in [1.54, 1.807) is 30.3 Å². The van der Waals surface area contributed by atoms with Crippen molar-refractivity contribution in [2.24, 2.45) is 11.7 Å². The highest BCUT2D eigenvalue weighted by Gasteiger charge is 2.34. The number of Topliss-reactive ketones (excluding diaryl/α,β-unsaturated/α-hetero) is 1. The first-order chi connectivity index (χ1) is 18.7. The summed E-state index contributed by atoms with van der Waals surface area (Å²) in [5, 5.41) is 5.39. The van der Waals surface area contributed by atoms with Crippen molar-refractivity contribution in [3.05, 3.63) is 58.1 Å². The number of rotatable bonds is 9. The molecular weight excluding hydrogens is 551 g/mol. The van der Waals surface area contributed by atoms with Crippen LogP contribution >= 0.6 is 23.2 Å². The van der Waals surface area contributed by atoms with Crippen LogP contribution in [0.15, 0.2) is 42.5 Å². The number of halogens is 2. The number of nitrogens with zero attached hydrogens (tertiary/aromatic N) is 1. The Morgan fingerprint density at radius 1 is 1.13 bits per heavy atom. The van der Waals surface area contributed by atoms with Gasteiger partial charge in [0.15, 0.2) is 12.4 Å². The van der Waals surface area contributed by atoms with Crippen LogP contribution in [0.3, 0.4) is 0 Å². The van der Waals surface area contributed by atoms with E-state index < -0.39 is 54.7 Å². The summed E-state index contributed by atoms with van der Waals surface area (Å²) >= 11 is 12.1. The highest BCUT2D eigenvalue weighted by atomic mass is 35.5. The number of ketones is 1. The second kappa shape index (κ2) is 12.5. The summed E-state index contributed by atoms with van der Waals surface area (Å²) < 4.78 is 10.7. The highest BCUT2D eigenvalue weighted by molar-refractivity contribution is 6.39. The van der Waals surface area contributed by atoms with Crippen molar-refractivity contribution < 1.29 is 33.4 Å². The minimum Gasteiger partial charge on any atom is -0.489 e. The number of para-hydroxylation sites is 2. The summed E-state index contributed by atoms with van der Waals surface area (Å²) in [4.78, 5) is 65.1. The van der Waals surface area contributed by atoms with Crippen LogP contribution in [0.2, 0.25) is 10.0 Å². The standard InChI is InChI=1S/C26H26Cl2N4O7/c27-15-4-3-5-16(28)23(15)26(37)39-13-20(33)18(10-14-8-9-30-24(14)35)31-22(34)11-32-19-6-1-2-7-21(19)38-12-17(29)25(32)36/h1-7,14,17-18H,8-13,29H2,(H,30,35)(H,31,34)/t14-,17-,18?/m0/s1. The average molecular weight is 577 g/mol. The lowest BCUT2D eigenvalue weighted by atomic mass is 9.96. The number of fused-ring (bicyclic) bond motifs is 1. The van der Waals surface area contributed by atoms with E-state index in [0.29, 0.717) is 24.4 Å². The van der Waals surface area contributed by atoms with Gasteiger partial charge in [-0.05, 0) is 37.1 Å². The zero-order valence-electron chi connectivity index (χ0n) is 20.7. The highest BCUT2D eigenvalue weighted by Crippen LogP contribution is 2.30. The molecule has 4 N–H and O–H groups in total. The topological polar surface area (TPSA) is 157 Å². The maximum Gasteiger partial charge on any atom is 0.341 e. The molecule has 0 spiro atoms. The van der Waals surface area contributed by atoms with Gasteiger partial charge < -0.3 is 25.8 Å². The molecule has 2 aliphatic rings. The van der Waals surface area contributed by atoms with E-state index in [9.17, 15) is 24.0 Å². The first-order valence-corrected chi connectivity index (χ1v) is 12.9. The summed E-state index contributed by atoms with van der Waals surface area (Å²) in [6.45, 7) is -0.783. The molecule has 39 heavy (non-hydrogen) atoms. The van der Waals surface area contributed by atoms with Gasteiger partial charge in [-0.3, -0.25) is 24.1 Å². The summed E-state index contributed by atoms with van der Waals surface area (Å²) in [6.07, 6.45) is 0.450. The second-order valence-electron chi connectivity index (χ2n) is 9.08. The van der Waals surface area contributed by atoms with E-state index in [2.05, 4.69) is 10.6 Å². The number of carbonyl (C=O) groups is 5. The van der Waals surface area contributed by atoms with Gasteiger partial charge in [0.1, 0.15) is 24.9 Å². The molecule has 1 unspecified atom stereocenters. The van der Waals surface area contributed by atoms with E-state index in [1.807, 2.05) is 0 Å². The number of esters is 1. The van der Waals surface area contributed by atoms with Gasteiger partial charge >= 0.3 is 5.97 Å². The van der Waals surface area contributed by atoms with Gasteiger partial charge in [0.2, 0.25) is 17.7 Å². The van der Waals surface area contributed by atoms with Gasteiger partial charge in [-0.1, -0.05) is 41.4 Å². The molecule has 1 fully saturated rings. The first-order valence-electron chi connectivity index (χ1n) is 12.2. The van der Waals surface area contributed by atoms with Gasteiger partial charge in [0, 0.05) is 12.5 Å². The molecule has 3 atom stereocenters.